The Morgan fingerprint density at radius 2 is 1.90 bits per heavy atom. The summed E-state index contributed by atoms with van der Waals surface area (Å²) >= 11 is 0. The maximum atomic E-state index is 7.50. The second-order valence-electron chi connectivity index (χ2n) is 7.19. The molecular weight excluding hydrogens is 364 g/mol. The molecule has 0 amide bonds. The average Bonchev–Trinajstić information content (AvgIpc) is 3.15. The zero-order chi connectivity index (χ0) is 20.5. The summed E-state index contributed by atoms with van der Waals surface area (Å²) in [4.78, 5) is 11.7. The van der Waals surface area contributed by atoms with E-state index in [2.05, 4.69) is 22.3 Å². The van der Waals surface area contributed by atoms with Crippen molar-refractivity contribution in [2.75, 3.05) is 23.1 Å². The Kier molecular flexibility index (Phi) is 4.80. The van der Waals surface area contributed by atoms with Gasteiger partial charge in [0.15, 0.2) is 0 Å². The van der Waals surface area contributed by atoms with Crippen LogP contribution in [0.3, 0.4) is 0 Å². The fourth-order valence-electron chi connectivity index (χ4n) is 3.43. The van der Waals surface area contributed by atoms with Crippen molar-refractivity contribution in [3.05, 3.63) is 64.3 Å². The summed E-state index contributed by atoms with van der Waals surface area (Å²) in [6, 6.07) is 11.7. The molecule has 7 heteroatoms. The Bertz CT molecular complexity index is 1090. The molecule has 1 aliphatic heterocycles. The highest BCUT2D eigenvalue weighted by Crippen LogP contribution is 2.31. The Balaban J connectivity index is 1.64. The second kappa shape index (κ2) is 7.43. The van der Waals surface area contributed by atoms with Crippen LogP contribution >= 0.6 is 0 Å². The van der Waals surface area contributed by atoms with E-state index in [1.54, 1.807) is 13.2 Å². The van der Waals surface area contributed by atoms with Gasteiger partial charge in [0.2, 0.25) is 5.95 Å². The van der Waals surface area contributed by atoms with E-state index in [0.717, 1.165) is 41.6 Å². The maximum Gasteiger partial charge on any atom is 0.228 e. The van der Waals surface area contributed by atoms with Crippen LogP contribution in [0, 0.1) is 19.3 Å². The molecule has 1 aromatic heterocycles. The van der Waals surface area contributed by atoms with Crippen molar-refractivity contribution in [3.8, 4) is 5.75 Å². The van der Waals surface area contributed by atoms with Crippen LogP contribution in [0.25, 0.3) is 0 Å². The number of ether oxygens (including phenoxy) is 1. The van der Waals surface area contributed by atoms with Crippen molar-refractivity contribution in [2.24, 2.45) is 0 Å². The van der Waals surface area contributed by atoms with Crippen LogP contribution in [-0.2, 0) is 13.1 Å². The summed E-state index contributed by atoms with van der Waals surface area (Å²) in [7, 11) is 1.68. The Labute approximate surface area is 170 Å². The van der Waals surface area contributed by atoms with Gasteiger partial charge in [-0.05, 0) is 55.3 Å². The van der Waals surface area contributed by atoms with Gasteiger partial charge in [-0.25, -0.2) is 4.98 Å². The lowest BCUT2D eigenvalue weighted by Crippen LogP contribution is -2.19. The number of rotatable bonds is 5. The monoisotopic (exact) mass is 388 g/mol. The first kappa shape index (κ1) is 18.7. The number of nitrogens with two attached hydrogens (primary N) is 1. The number of nitrogens with one attached hydrogen (secondary N) is 2. The van der Waals surface area contributed by atoms with E-state index < -0.39 is 0 Å². The zero-order valence-corrected chi connectivity index (χ0v) is 16.8. The molecule has 0 aliphatic carbocycles. The van der Waals surface area contributed by atoms with Gasteiger partial charge in [0.1, 0.15) is 11.6 Å². The maximum absolute atomic E-state index is 7.50. The fourth-order valence-corrected chi connectivity index (χ4v) is 3.43. The molecular formula is C22H24N6O. The predicted octanol–water partition coefficient (Wildman–Crippen LogP) is 3.95. The van der Waals surface area contributed by atoms with Gasteiger partial charge in [-0.2, -0.15) is 4.98 Å². The third kappa shape index (κ3) is 3.59. The van der Waals surface area contributed by atoms with E-state index in [1.807, 2.05) is 32.0 Å². The first-order valence-electron chi connectivity index (χ1n) is 9.41. The molecule has 29 heavy (non-hydrogen) atoms. The van der Waals surface area contributed by atoms with Crippen molar-refractivity contribution in [1.82, 2.24) is 9.97 Å². The van der Waals surface area contributed by atoms with E-state index in [9.17, 15) is 0 Å². The number of methoxy groups -OCH3 is 1. The van der Waals surface area contributed by atoms with Crippen LogP contribution in [0.15, 0.2) is 36.4 Å². The van der Waals surface area contributed by atoms with Gasteiger partial charge < -0.3 is 26.1 Å². The van der Waals surface area contributed by atoms with Gasteiger partial charge in [0.05, 0.1) is 7.11 Å². The molecule has 148 valence electrons. The number of aryl methyl sites for hydroxylation is 1. The number of anilines is 4. The van der Waals surface area contributed by atoms with Crippen molar-refractivity contribution in [3.63, 3.8) is 0 Å². The van der Waals surface area contributed by atoms with E-state index in [-0.39, 0.29) is 0 Å². The molecule has 0 radical (unpaired) electrons. The first-order chi connectivity index (χ1) is 14.0. The van der Waals surface area contributed by atoms with E-state index in [4.69, 9.17) is 25.8 Å². The fraction of sp³-hybridized carbons (Fsp3) is 0.227. The second-order valence-corrected chi connectivity index (χ2v) is 7.19. The van der Waals surface area contributed by atoms with Gasteiger partial charge in [-0.3, -0.25) is 0 Å². The lowest BCUT2D eigenvalue weighted by Gasteiger charge is -2.19. The smallest absolute Gasteiger partial charge is 0.228 e. The quantitative estimate of drug-likeness (QED) is 0.452. The number of fused-ring (bicyclic) bond motifs is 1. The summed E-state index contributed by atoms with van der Waals surface area (Å²) in [5.74, 6) is 2.30. The number of aromatic nitrogens is 2. The molecule has 0 saturated carbocycles. The van der Waals surface area contributed by atoms with Crippen molar-refractivity contribution >= 4 is 29.4 Å². The van der Waals surface area contributed by atoms with Gasteiger partial charge >= 0.3 is 0 Å². The number of hydrogen-bond acceptors (Lipinski definition) is 7. The highest BCUT2D eigenvalue weighted by atomic mass is 16.5. The minimum absolute atomic E-state index is 0.576. The Morgan fingerprint density at radius 3 is 2.66 bits per heavy atom. The van der Waals surface area contributed by atoms with Crippen LogP contribution in [-0.4, -0.2) is 23.3 Å². The summed E-state index contributed by atoms with van der Waals surface area (Å²) in [6.45, 7) is 5.50. The molecule has 3 aromatic rings. The van der Waals surface area contributed by atoms with Crippen LogP contribution in [0.5, 0.6) is 5.75 Å². The highest BCUT2D eigenvalue weighted by Gasteiger charge is 2.23. The Morgan fingerprint density at radius 1 is 1.10 bits per heavy atom. The number of benzene rings is 2. The largest absolute Gasteiger partial charge is 0.497 e. The lowest BCUT2D eigenvalue weighted by molar-refractivity contribution is 0.414. The molecule has 0 unspecified atom stereocenters. The van der Waals surface area contributed by atoms with Gasteiger partial charge in [0.25, 0.3) is 0 Å². The third-order valence-corrected chi connectivity index (χ3v) is 5.30. The van der Waals surface area contributed by atoms with E-state index in [1.165, 1.54) is 17.3 Å². The van der Waals surface area contributed by atoms with Crippen molar-refractivity contribution in [2.45, 2.75) is 26.9 Å². The van der Waals surface area contributed by atoms with Gasteiger partial charge in [0, 0.05) is 47.5 Å². The van der Waals surface area contributed by atoms with Crippen LogP contribution in [0.4, 0.5) is 23.1 Å². The first-order valence-corrected chi connectivity index (χ1v) is 9.41. The molecule has 2 heterocycles. The lowest BCUT2D eigenvalue weighted by atomic mass is 10.1. The SMILES string of the molecule is COc1ccc2c(c1)CN(c1nc(C)c(C)c(Nc3ccc(N)c(C=N)c3)n1)C2. The van der Waals surface area contributed by atoms with E-state index in [0.29, 0.717) is 17.2 Å². The molecule has 0 bridgehead atoms. The molecule has 1 aliphatic rings. The Hall–Kier alpha value is -3.61. The average molecular weight is 388 g/mol. The van der Waals surface area contributed by atoms with Crippen molar-refractivity contribution in [1.29, 1.82) is 5.41 Å². The summed E-state index contributed by atoms with van der Waals surface area (Å²) < 4.78 is 5.34. The summed E-state index contributed by atoms with van der Waals surface area (Å²) in [5, 5.41) is 10.9. The van der Waals surface area contributed by atoms with Crippen molar-refractivity contribution < 1.29 is 4.74 Å². The summed E-state index contributed by atoms with van der Waals surface area (Å²) in [5.41, 5.74) is 12.4. The molecule has 4 rings (SSSR count). The zero-order valence-electron chi connectivity index (χ0n) is 16.8. The number of hydrogen-bond donors (Lipinski definition) is 3. The van der Waals surface area contributed by atoms with Crippen LogP contribution < -0.4 is 20.7 Å². The molecule has 7 nitrogen and oxygen atoms in total. The normalized spacial score (nSPS) is 12.6. The van der Waals surface area contributed by atoms with Crippen LogP contribution in [0.2, 0.25) is 0 Å². The minimum Gasteiger partial charge on any atom is -0.497 e. The predicted molar refractivity (Wildman–Crippen MR) is 116 cm³/mol. The standard InChI is InChI=1S/C22H24N6O/c1-13-14(2)25-22(28-11-15-4-6-19(29-3)9-17(15)12-28)27-21(13)26-18-5-7-20(24)16(8-18)10-23/h4-10,23H,11-12,24H2,1-3H3,(H,25,26,27). The number of nitrogens with zero attached hydrogens (tertiary/aromatic N) is 3. The van der Waals surface area contributed by atoms with Crippen LogP contribution in [0.1, 0.15) is 27.9 Å². The molecule has 0 saturated heterocycles. The molecule has 0 spiro atoms. The number of nitrogen functional groups attached to an aromatic ring is 1. The van der Waals surface area contributed by atoms with E-state index >= 15 is 0 Å². The molecule has 0 fully saturated rings. The van der Waals surface area contributed by atoms with Gasteiger partial charge in [-0.15, -0.1) is 0 Å². The highest BCUT2D eigenvalue weighted by molar-refractivity contribution is 5.87. The molecule has 0 atom stereocenters. The molecule has 2 aromatic carbocycles. The van der Waals surface area contributed by atoms with Gasteiger partial charge in [-0.1, -0.05) is 6.07 Å². The minimum atomic E-state index is 0.576. The molecule has 4 N–H and O–H groups in total. The topological polar surface area (TPSA) is 100 Å². The summed E-state index contributed by atoms with van der Waals surface area (Å²) in [6.07, 6.45) is 1.25. The third-order valence-electron chi connectivity index (χ3n) is 5.30.